The zero-order chi connectivity index (χ0) is 20.6. The molecule has 2 aliphatic heterocycles. The number of aliphatic hydroxyl groups is 4. The molecule has 3 rings (SSSR count). The third-order valence-electron chi connectivity index (χ3n) is 4.85. The predicted molar refractivity (Wildman–Crippen MR) is 100 cm³/mol. The maximum absolute atomic E-state index is 12.2. The number of aromatic amines is 1. The Bertz CT molecular complexity index is 1090. The number of benzene rings is 1. The van der Waals surface area contributed by atoms with Gasteiger partial charge >= 0.3 is 5.69 Å². The molecule has 1 aromatic rings. The standard InChI is InChI=1S/C18H22N4O6/c1-8-5-10-11(6-9(8)2)22(4-3-12(24)15(26)13(25)7-23)16-14(19-10)17(27)21-18(28)20-16/h5-6,12-13,15,23-26H,3-4,7H2,1-2H3,(H,21,27,28)/t12-,13+,15+/m1/s1. The molecule has 0 bridgehead atoms. The van der Waals surface area contributed by atoms with Crippen molar-refractivity contribution in [1.82, 2.24) is 19.5 Å². The predicted octanol–water partition coefficient (Wildman–Crippen LogP) is -1.33. The van der Waals surface area contributed by atoms with Crippen LogP contribution in [0.1, 0.15) is 17.5 Å². The van der Waals surface area contributed by atoms with E-state index in [-0.39, 0.29) is 24.5 Å². The van der Waals surface area contributed by atoms with Crippen molar-refractivity contribution in [3.63, 3.8) is 0 Å². The molecule has 10 nitrogen and oxygen atoms in total. The van der Waals surface area contributed by atoms with Crippen LogP contribution in [0.15, 0.2) is 21.7 Å². The van der Waals surface area contributed by atoms with Crippen molar-refractivity contribution in [2.24, 2.45) is 0 Å². The number of H-pyrrole nitrogens is 1. The summed E-state index contributed by atoms with van der Waals surface area (Å²) in [6, 6.07) is 3.65. The fourth-order valence-electron chi connectivity index (χ4n) is 3.07. The van der Waals surface area contributed by atoms with Gasteiger partial charge in [0.15, 0.2) is 11.5 Å². The summed E-state index contributed by atoms with van der Waals surface area (Å²) in [5, 5.41) is 38.4. The van der Waals surface area contributed by atoms with Crippen LogP contribution in [-0.4, -0.2) is 64.9 Å². The lowest BCUT2D eigenvalue weighted by molar-refractivity contribution is -0.0790. The van der Waals surface area contributed by atoms with Gasteiger partial charge < -0.3 is 25.0 Å². The third kappa shape index (κ3) is 3.67. The van der Waals surface area contributed by atoms with Crippen molar-refractivity contribution in [2.45, 2.75) is 45.1 Å². The maximum atomic E-state index is 12.2. The van der Waals surface area contributed by atoms with Gasteiger partial charge in [-0.25, -0.2) is 9.78 Å². The van der Waals surface area contributed by atoms with E-state index in [1.54, 1.807) is 4.57 Å². The van der Waals surface area contributed by atoms with Crippen molar-refractivity contribution < 1.29 is 20.4 Å². The van der Waals surface area contributed by atoms with Gasteiger partial charge in [-0.3, -0.25) is 9.78 Å². The Kier molecular flexibility index (Phi) is 5.57. The summed E-state index contributed by atoms with van der Waals surface area (Å²) in [4.78, 5) is 34.2. The van der Waals surface area contributed by atoms with Gasteiger partial charge in [-0.2, -0.15) is 4.98 Å². The second kappa shape index (κ2) is 7.76. The van der Waals surface area contributed by atoms with Crippen LogP contribution < -0.4 is 11.2 Å². The van der Waals surface area contributed by atoms with E-state index in [9.17, 15) is 24.9 Å². The van der Waals surface area contributed by atoms with E-state index in [0.29, 0.717) is 11.0 Å². The molecule has 0 saturated carbocycles. The summed E-state index contributed by atoms with van der Waals surface area (Å²) in [7, 11) is 0. The van der Waals surface area contributed by atoms with Crippen molar-refractivity contribution >= 4 is 11.0 Å². The largest absolute Gasteiger partial charge is 0.394 e. The second-order valence-corrected chi connectivity index (χ2v) is 6.83. The Morgan fingerprint density at radius 3 is 2.43 bits per heavy atom. The number of hydrogen-bond acceptors (Lipinski definition) is 8. The van der Waals surface area contributed by atoms with E-state index in [2.05, 4.69) is 15.0 Å². The van der Waals surface area contributed by atoms with Gasteiger partial charge in [0, 0.05) is 6.54 Å². The number of aromatic nitrogens is 4. The minimum Gasteiger partial charge on any atom is -0.394 e. The first-order valence-electron chi connectivity index (χ1n) is 8.79. The van der Waals surface area contributed by atoms with Gasteiger partial charge in [-0.15, -0.1) is 0 Å². The maximum Gasteiger partial charge on any atom is 0.349 e. The lowest BCUT2D eigenvalue weighted by atomic mass is 10.0. The molecule has 3 atom stereocenters. The van der Waals surface area contributed by atoms with Crippen LogP contribution in [-0.2, 0) is 6.54 Å². The van der Waals surface area contributed by atoms with Crippen LogP contribution in [0.2, 0.25) is 0 Å². The Balaban J connectivity index is 2.13. The Morgan fingerprint density at radius 1 is 1.07 bits per heavy atom. The average Bonchev–Trinajstić information content (AvgIpc) is 2.65. The van der Waals surface area contributed by atoms with Gasteiger partial charge in [-0.1, -0.05) is 0 Å². The van der Waals surface area contributed by atoms with Crippen LogP contribution in [0.25, 0.3) is 22.6 Å². The molecule has 0 unspecified atom stereocenters. The van der Waals surface area contributed by atoms with Gasteiger partial charge in [0.2, 0.25) is 0 Å². The van der Waals surface area contributed by atoms with Crippen molar-refractivity contribution in [3.8, 4) is 11.5 Å². The summed E-state index contributed by atoms with van der Waals surface area (Å²) in [5.41, 5.74) is 1.57. The number of aliphatic hydroxyl groups excluding tert-OH is 4. The first-order valence-corrected chi connectivity index (χ1v) is 8.79. The average molecular weight is 390 g/mol. The molecule has 10 heteroatoms. The Morgan fingerprint density at radius 2 is 1.75 bits per heavy atom. The van der Waals surface area contributed by atoms with E-state index in [4.69, 9.17) is 5.11 Å². The minimum absolute atomic E-state index is 0.0132. The summed E-state index contributed by atoms with van der Waals surface area (Å²) in [6.07, 6.45) is -4.38. The highest BCUT2D eigenvalue weighted by molar-refractivity contribution is 5.81. The summed E-state index contributed by atoms with van der Waals surface area (Å²) in [5.74, 6) is 0.0638. The minimum atomic E-state index is -1.54. The number of nitrogens with zero attached hydrogens (tertiary/aromatic N) is 3. The zero-order valence-electron chi connectivity index (χ0n) is 15.5. The highest BCUT2D eigenvalue weighted by Gasteiger charge is 2.25. The molecular formula is C18H22N4O6. The zero-order valence-corrected chi connectivity index (χ0v) is 15.5. The molecule has 28 heavy (non-hydrogen) atoms. The van der Waals surface area contributed by atoms with Crippen LogP contribution in [0, 0.1) is 13.8 Å². The van der Waals surface area contributed by atoms with Crippen LogP contribution in [0.4, 0.5) is 0 Å². The van der Waals surface area contributed by atoms with Crippen molar-refractivity contribution in [1.29, 1.82) is 0 Å². The topological polar surface area (TPSA) is 162 Å². The normalized spacial score (nSPS) is 15.1. The van der Waals surface area contributed by atoms with Gasteiger partial charge in [0.1, 0.15) is 12.2 Å². The lowest BCUT2D eigenvalue weighted by Gasteiger charge is -2.23. The van der Waals surface area contributed by atoms with Crippen LogP contribution >= 0.6 is 0 Å². The SMILES string of the molecule is Cc1cc2nc3c(=O)[nH]c(=O)nc-3n(CC[C@@H](O)[C@H](O)[C@@H](O)CO)c2cc1C. The fraction of sp³-hybridized carbons (Fsp3) is 0.444. The molecule has 5 N–H and O–H groups in total. The first kappa shape index (κ1) is 20.1. The summed E-state index contributed by atoms with van der Waals surface area (Å²) >= 11 is 0. The number of nitrogens with one attached hydrogen (secondary N) is 1. The van der Waals surface area contributed by atoms with Gasteiger partial charge in [-0.05, 0) is 43.5 Å². The highest BCUT2D eigenvalue weighted by Crippen LogP contribution is 2.24. The molecule has 1 aromatic carbocycles. The Hall–Kier alpha value is -2.66. The number of fused-ring (bicyclic) bond motifs is 2. The van der Waals surface area contributed by atoms with E-state index in [0.717, 1.165) is 11.1 Å². The molecule has 0 saturated heterocycles. The van der Waals surface area contributed by atoms with E-state index >= 15 is 0 Å². The monoisotopic (exact) mass is 390 g/mol. The van der Waals surface area contributed by atoms with E-state index in [1.807, 2.05) is 26.0 Å². The summed E-state index contributed by atoms with van der Waals surface area (Å²) < 4.78 is 1.59. The fourth-order valence-corrected chi connectivity index (χ4v) is 3.07. The van der Waals surface area contributed by atoms with Crippen LogP contribution in [0.5, 0.6) is 0 Å². The van der Waals surface area contributed by atoms with E-state index in [1.165, 1.54) is 0 Å². The summed E-state index contributed by atoms with van der Waals surface area (Å²) in [6.45, 7) is 3.21. The lowest BCUT2D eigenvalue weighted by Crippen LogP contribution is -2.40. The molecule has 0 spiro atoms. The molecule has 150 valence electrons. The molecule has 0 aliphatic carbocycles. The molecule has 2 heterocycles. The third-order valence-corrected chi connectivity index (χ3v) is 4.85. The number of rotatable bonds is 6. The number of aryl methyl sites for hydroxylation is 3. The van der Waals surface area contributed by atoms with Gasteiger partial charge in [0.25, 0.3) is 5.56 Å². The molecule has 0 aromatic heterocycles. The Labute approximate surface area is 159 Å². The van der Waals surface area contributed by atoms with Crippen molar-refractivity contribution in [2.75, 3.05) is 6.61 Å². The molecular weight excluding hydrogens is 368 g/mol. The molecule has 0 radical (unpaired) electrons. The smallest absolute Gasteiger partial charge is 0.349 e. The highest BCUT2D eigenvalue weighted by atomic mass is 16.4. The second-order valence-electron chi connectivity index (χ2n) is 6.83. The number of hydrogen-bond donors (Lipinski definition) is 5. The van der Waals surface area contributed by atoms with Crippen LogP contribution in [0.3, 0.4) is 0 Å². The first-order chi connectivity index (χ1) is 13.2. The molecule has 0 fully saturated rings. The van der Waals surface area contributed by atoms with Crippen molar-refractivity contribution in [3.05, 3.63) is 44.1 Å². The molecule has 0 amide bonds. The van der Waals surface area contributed by atoms with Gasteiger partial charge in [0.05, 0.1) is 23.7 Å². The quantitative estimate of drug-likeness (QED) is 0.323. The molecule has 2 aliphatic rings. The van der Waals surface area contributed by atoms with E-state index < -0.39 is 36.2 Å².